The summed E-state index contributed by atoms with van der Waals surface area (Å²) in [7, 11) is 0. The molecule has 1 N–H and O–H groups in total. The van der Waals surface area contributed by atoms with Gasteiger partial charge in [-0.3, -0.25) is 19.7 Å². The summed E-state index contributed by atoms with van der Waals surface area (Å²) >= 11 is 4.23. The highest BCUT2D eigenvalue weighted by molar-refractivity contribution is 14.1. The lowest BCUT2D eigenvalue weighted by atomic mass is 10.0. The lowest BCUT2D eigenvalue weighted by molar-refractivity contribution is -0.136. The molecule has 5 nitrogen and oxygen atoms in total. The zero-order chi connectivity index (χ0) is 19.2. The molecule has 2 aliphatic rings. The summed E-state index contributed by atoms with van der Waals surface area (Å²) in [6.07, 6.45) is 7.03. The number of amides is 3. The van der Waals surface area contributed by atoms with Gasteiger partial charge in [0.15, 0.2) is 0 Å². The fourth-order valence-corrected chi connectivity index (χ4v) is 5.23. The molecular weight excluding hydrogens is 475 g/mol. The number of unbranched alkanes of at least 4 members (excludes halogenated alkanes) is 4. The fourth-order valence-electron chi connectivity index (χ4n) is 3.60. The third kappa shape index (κ3) is 5.04. The van der Waals surface area contributed by atoms with Crippen molar-refractivity contribution in [2.24, 2.45) is 0 Å². The van der Waals surface area contributed by atoms with E-state index in [4.69, 9.17) is 0 Å². The van der Waals surface area contributed by atoms with E-state index in [1.165, 1.54) is 36.5 Å². The Bertz CT molecular complexity index is 725. The Hall–Kier alpha value is -1.09. The van der Waals surface area contributed by atoms with Crippen LogP contribution in [0.15, 0.2) is 23.1 Å². The Morgan fingerprint density at radius 1 is 1.11 bits per heavy atom. The largest absolute Gasteiger partial charge is 0.322 e. The zero-order valence-corrected chi connectivity index (χ0v) is 18.3. The van der Waals surface area contributed by atoms with Crippen LogP contribution in [0.2, 0.25) is 0 Å². The van der Waals surface area contributed by atoms with Crippen molar-refractivity contribution < 1.29 is 14.4 Å². The molecule has 1 fully saturated rings. The molecule has 7 heteroatoms. The van der Waals surface area contributed by atoms with Gasteiger partial charge < -0.3 is 4.90 Å². The molecule has 3 rings (SSSR count). The third-order valence-electron chi connectivity index (χ3n) is 5.07. The van der Waals surface area contributed by atoms with E-state index in [-0.39, 0.29) is 24.1 Å². The van der Waals surface area contributed by atoms with Crippen molar-refractivity contribution >= 4 is 52.1 Å². The van der Waals surface area contributed by atoms with Crippen molar-refractivity contribution in [1.29, 1.82) is 0 Å². The van der Waals surface area contributed by atoms with E-state index in [0.29, 0.717) is 18.5 Å². The Balaban J connectivity index is 1.59. The van der Waals surface area contributed by atoms with E-state index in [0.717, 1.165) is 16.2 Å². The van der Waals surface area contributed by atoms with Gasteiger partial charge in [-0.1, -0.05) is 47.9 Å². The van der Waals surface area contributed by atoms with E-state index in [2.05, 4.69) is 34.0 Å². The summed E-state index contributed by atoms with van der Waals surface area (Å²) in [5, 5.41) is 2.35. The van der Waals surface area contributed by atoms with Crippen molar-refractivity contribution in [2.75, 3.05) is 10.2 Å². The van der Waals surface area contributed by atoms with Crippen LogP contribution in [0.3, 0.4) is 0 Å². The van der Waals surface area contributed by atoms with Crippen molar-refractivity contribution in [2.45, 2.75) is 62.4 Å². The van der Waals surface area contributed by atoms with Crippen molar-refractivity contribution in [3.63, 3.8) is 0 Å². The summed E-state index contributed by atoms with van der Waals surface area (Å²) in [6, 6.07) is 5.30. The van der Waals surface area contributed by atoms with Crippen LogP contribution in [0.25, 0.3) is 0 Å². The molecule has 1 aromatic rings. The summed E-state index contributed by atoms with van der Waals surface area (Å²) in [4.78, 5) is 39.1. The van der Waals surface area contributed by atoms with Gasteiger partial charge in [0.1, 0.15) is 6.04 Å². The molecule has 1 saturated heterocycles. The first kappa shape index (κ1) is 20.6. The summed E-state index contributed by atoms with van der Waals surface area (Å²) in [5.41, 5.74) is 1.73. The van der Waals surface area contributed by atoms with Gasteiger partial charge in [0.05, 0.1) is 0 Å². The van der Waals surface area contributed by atoms with Crippen LogP contribution in [0.4, 0.5) is 0 Å². The van der Waals surface area contributed by atoms with Gasteiger partial charge in [0.25, 0.3) is 5.91 Å². The standard InChI is InChI=1S/C20H25IN2O3S/c21-11-4-2-1-3-5-12-27-17-8-6-7-14-15(17)13-23(20(14)26)16-9-10-18(24)22-19(16)25/h6-8,16H,1-5,9-13H2,(H,22,24,25). The minimum absolute atomic E-state index is 0.0965. The molecule has 0 aliphatic carbocycles. The van der Waals surface area contributed by atoms with E-state index in [1.54, 1.807) is 16.7 Å². The second-order valence-corrected chi connectivity index (χ2v) is 9.20. The number of imide groups is 1. The van der Waals surface area contributed by atoms with E-state index < -0.39 is 6.04 Å². The molecule has 3 amide bonds. The number of halogens is 1. The maximum absolute atomic E-state index is 12.8. The average Bonchev–Trinajstić information content (AvgIpc) is 2.98. The number of thioether (sulfide) groups is 1. The maximum Gasteiger partial charge on any atom is 0.255 e. The lowest BCUT2D eigenvalue weighted by Gasteiger charge is -2.29. The first-order chi connectivity index (χ1) is 13.1. The van der Waals surface area contributed by atoms with E-state index >= 15 is 0 Å². The molecule has 1 unspecified atom stereocenters. The predicted molar refractivity (Wildman–Crippen MR) is 115 cm³/mol. The van der Waals surface area contributed by atoms with Crippen LogP contribution in [0.1, 0.15) is 60.9 Å². The summed E-state index contributed by atoms with van der Waals surface area (Å²) in [6.45, 7) is 0.458. The molecule has 1 atom stereocenters. The Morgan fingerprint density at radius 3 is 2.67 bits per heavy atom. The van der Waals surface area contributed by atoms with Crippen molar-refractivity contribution in [3.05, 3.63) is 29.3 Å². The molecule has 0 saturated carbocycles. The van der Waals surface area contributed by atoms with Gasteiger partial charge in [-0.2, -0.15) is 0 Å². The van der Waals surface area contributed by atoms with E-state index in [9.17, 15) is 14.4 Å². The SMILES string of the molecule is O=C1CCC(N2Cc3c(SCCCCCCCI)cccc3C2=O)C(=O)N1. The molecular formula is C20H25IN2O3S. The molecule has 2 aliphatic heterocycles. The van der Waals surface area contributed by atoms with Crippen LogP contribution >= 0.6 is 34.4 Å². The highest BCUT2D eigenvalue weighted by atomic mass is 127. The Morgan fingerprint density at radius 2 is 1.89 bits per heavy atom. The minimum Gasteiger partial charge on any atom is -0.322 e. The number of piperidine rings is 1. The summed E-state index contributed by atoms with van der Waals surface area (Å²) in [5.74, 6) is 0.344. The van der Waals surface area contributed by atoms with Crippen LogP contribution in [-0.2, 0) is 16.1 Å². The second kappa shape index (κ2) is 9.91. The van der Waals surface area contributed by atoms with Gasteiger partial charge in [0, 0.05) is 23.4 Å². The highest BCUT2D eigenvalue weighted by Crippen LogP contribution is 2.34. The van der Waals surface area contributed by atoms with Gasteiger partial charge in [0.2, 0.25) is 11.8 Å². The highest BCUT2D eigenvalue weighted by Gasteiger charge is 2.39. The number of hydrogen-bond donors (Lipinski definition) is 1. The number of carbonyl (C=O) groups excluding carboxylic acids is 3. The lowest BCUT2D eigenvalue weighted by Crippen LogP contribution is -2.52. The van der Waals surface area contributed by atoms with Gasteiger partial charge in [-0.15, -0.1) is 11.8 Å². The molecule has 0 bridgehead atoms. The molecule has 2 heterocycles. The Kier molecular flexibility index (Phi) is 7.57. The predicted octanol–water partition coefficient (Wildman–Crippen LogP) is 3.93. The minimum atomic E-state index is -0.543. The average molecular weight is 500 g/mol. The number of benzene rings is 1. The first-order valence-electron chi connectivity index (χ1n) is 9.57. The normalized spacial score (nSPS) is 19.4. The first-order valence-corrected chi connectivity index (χ1v) is 12.1. The van der Waals surface area contributed by atoms with Crippen LogP contribution in [0.5, 0.6) is 0 Å². The maximum atomic E-state index is 12.8. The molecule has 0 aromatic heterocycles. The number of hydrogen-bond acceptors (Lipinski definition) is 4. The number of carbonyl (C=O) groups is 3. The van der Waals surface area contributed by atoms with Crippen molar-refractivity contribution in [3.8, 4) is 0 Å². The van der Waals surface area contributed by atoms with Gasteiger partial charge >= 0.3 is 0 Å². The van der Waals surface area contributed by atoms with Gasteiger partial charge in [-0.05, 0) is 47.1 Å². The van der Waals surface area contributed by atoms with Gasteiger partial charge in [-0.25, -0.2) is 0 Å². The quantitative estimate of drug-likeness (QED) is 0.184. The van der Waals surface area contributed by atoms with Crippen LogP contribution in [-0.4, -0.2) is 38.8 Å². The second-order valence-electron chi connectivity index (χ2n) is 6.99. The monoisotopic (exact) mass is 500 g/mol. The number of nitrogens with zero attached hydrogens (tertiary/aromatic N) is 1. The van der Waals surface area contributed by atoms with E-state index in [1.807, 2.05) is 12.1 Å². The zero-order valence-electron chi connectivity index (χ0n) is 15.3. The molecule has 0 radical (unpaired) electrons. The fraction of sp³-hybridized carbons (Fsp3) is 0.550. The molecule has 146 valence electrons. The topological polar surface area (TPSA) is 66.5 Å². The number of rotatable bonds is 9. The number of fused-ring (bicyclic) bond motifs is 1. The molecule has 1 aromatic carbocycles. The van der Waals surface area contributed by atoms with Crippen LogP contribution in [0, 0.1) is 0 Å². The smallest absolute Gasteiger partial charge is 0.255 e. The number of nitrogens with one attached hydrogen (secondary N) is 1. The third-order valence-corrected chi connectivity index (χ3v) is 7.02. The van der Waals surface area contributed by atoms with Crippen LogP contribution < -0.4 is 5.32 Å². The van der Waals surface area contributed by atoms with Crippen molar-refractivity contribution in [1.82, 2.24) is 10.2 Å². The number of alkyl halides is 1. The molecule has 0 spiro atoms. The molecule has 27 heavy (non-hydrogen) atoms. The summed E-state index contributed by atoms with van der Waals surface area (Å²) < 4.78 is 1.24. The Labute approximate surface area is 178 Å².